The molecular weight excluding hydrogens is 1600 g/mol. The molecule has 5 amide bonds. The Hall–Kier alpha value is -13.1. The molecule has 0 saturated carbocycles. The van der Waals surface area contributed by atoms with Crippen molar-refractivity contribution in [1.29, 1.82) is 21.0 Å². The zero-order valence-corrected chi connectivity index (χ0v) is 67.7. The Morgan fingerprint density at radius 2 is 0.724 bits per heavy atom. The molecule has 642 valence electrons. The minimum Gasteiger partial charge on any atom is -0.384 e. The van der Waals surface area contributed by atoms with E-state index in [1.54, 1.807) is 72.2 Å². The number of halogens is 6. The fourth-order valence-electron chi connectivity index (χ4n) is 20.7. The SMILES string of the molecule is CC1N(c2ncnc3[nH]ccc23)CCC12CCCN2C(=O)CC#N.C[C@H](O)C(=O)N1CCCC12CCCN(c1ncnc3[nH]ccc13)C2.N#CCC(=O)N1CC(F)(F)C12CCCN(c1ncnc3[nH]ccc13)C2.N#CCC(=O)N1CC(F)(F)C12CCN(c1ncnc3[nH]ccc13)C2.N#CCC(=O)N1CCCC12CN(c1ncnc3[nH]ccc13)CCC2(F)F. The van der Waals surface area contributed by atoms with Gasteiger partial charge in [-0.15, -0.1) is 0 Å². The first-order chi connectivity index (χ1) is 59.2. The van der Waals surface area contributed by atoms with Gasteiger partial charge in [-0.3, -0.25) is 24.0 Å². The summed E-state index contributed by atoms with van der Waals surface area (Å²) in [6.45, 7) is 7.86. The van der Waals surface area contributed by atoms with Crippen LogP contribution in [-0.2, 0) is 24.0 Å². The van der Waals surface area contributed by atoms with Gasteiger partial charge in [-0.05, 0) is 121 Å². The number of aliphatic hydroxyl groups excluding tert-OH is 1. The third-order valence-electron chi connectivity index (χ3n) is 26.7. The highest BCUT2D eigenvalue weighted by atomic mass is 19.3. The summed E-state index contributed by atoms with van der Waals surface area (Å²) in [5.41, 5.74) is -1.47. The lowest BCUT2D eigenvalue weighted by Crippen LogP contribution is -2.80. The van der Waals surface area contributed by atoms with Gasteiger partial charge in [0.25, 0.3) is 23.7 Å². The molecule has 5 spiro atoms. The molecule has 0 radical (unpaired) electrons. The summed E-state index contributed by atoms with van der Waals surface area (Å²) in [5, 5.41) is 49.2. The molecule has 123 heavy (non-hydrogen) atoms. The third-order valence-corrected chi connectivity index (χ3v) is 26.7. The van der Waals surface area contributed by atoms with Crippen LogP contribution in [0, 0.1) is 45.3 Å². The van der Waals surface area contributed by atoms with Crippen LogP contribution in [0.5, 0.6) is 0 Å². The second kappa shape index (κ2) is 33.1. The Morgan fingerprint density at radius 1 is 0.390 bits per heavy atom. The first kappa shape index (κ1) is 83.6. The topological polar surface area (TPSA) is 441 Å². The van der Waals surface area contributed by atoms with Crippen molar-refractivity contribution in [2.75, 3.05) is 116 Å². The number of carbonyl (C=O) groups is 5. The van der Waals surface area contributed by atoms with Gasteiger partial charge in [0, 0.05) is 116 Å². The van der Waals surface area contributed by atoms with Crippen LogP contribution in [0.4, 0.5) is 55.4 Å². The molecule has 41 heteroatoms. The van der Waals surface area contributed by atoms with Gasteiger partial charge in [0.1, 0.15) is 137 Å². The van der Waals surface area contributed by atoms with Crippen LogP contribution in [0.3, 0.4) is 0 Å². The van der Waals surface area contributed by atoms with Crippen molar-refractivity contribution in [2.24, 2.45) is 0 Å². The van der Waals surface area contributed by atoms with Gasteiger partial charge in [0.15, 0.2) is 0 Å². The predicted octanol–water partition coefficient (Wildman–Crippen LogP) is 8.20. The van der Waals surface area contributed by atoms with E-state index in [-0.39, 0.29) is 113 Å². The lowest BCUT2D eigenvalue weighted by molar-refractivity contribution is -0.243. The van der Waals surface area contributed by atoms with Gasteiger partial charge < -0.3 is 79.0 Å². The van der Waals surface area contributed by atoms with Crippen LogP contribution in [0.25, 0.3) is 55.2 Å². The fourth-order valence-corrected chi connectivity index (χ4v) is 20.7. The Kier molecular flexibility index (Phi) is 22.5. The number of aromatic amines is 5. The summed E-state index contributed by atoms with van der Waals surface area (Å²) in [6.07, 6.45) is 22.3. The summed E-state index contributed by atoms with van der Waals surface area (Å²) in [4.78, 5) is 137. The number of nitrogens with one attached hydrogen (secondary N) is 5. The van der Waals surface area contributed by atoms with Crippen molar-refractivity contribution in [3.05, 3.63) is 93.0 Å². The van der Waals surface area contributed by atoms with Crippen LogP contribution in [-0.4, -0.2) is 283 Å². The van der Waals surface area contributed by atoms with Crippen LogP contribution in [0.1, 0.15) is 123 Å². The maximum Gasteiger partial charge on any atom is 0.289 e. The van der Waals surface area contributed by atoms with Crippen molar-refractivity contribution in [3.63, 3.8) is 0 Å². The lowest BCUT2D eigenvalue weighted by atomic mass is 9.74. The number of alkyl halides is 6. The van der Waals surface area contributed by atoms with E-state index < -0.39 is 71.3 Å². The number of fused-ring (bicyclic) bond motifs is 5. The number of hydrogen-bond donors (Lipinski definition) is 6. The third kappa shape index (κ3) is 14.5. The number of hydrogen-bond acceptors (Lipinski definition) is 25. The number of anilines is 5. The molecule has 35 nitrogen and oxygen atoms in total. The number of amides is 5. The van der Waals surface area contributed by atoms with Crippen molar-refractivity contribution in [3.8, 4) is 24.3 Å². The molecule has 10 aromatic rings. The normalized spacial score (nSPS) is 25.4. The predicted molar refractivity (Wildman–Crippen MR) is 435 cm³/mol. The smallest absolute Gasteiger partial charge is 0.289 e. The molecule has 20 heterocycles. The van der Waals surface area contributed by atoms with E-state index in [9.17, 15) is 46.6 Å². The number of aromatic nitrogens is 15. The molecule has 10 saturated heterocycles. The Morgan fingerprint density at radius 3 is 1.15 bits per heavy atom. The quantitative estimate of drug-likeness (QED) is 0.0702. The second-order valence-corrected chi connectivity index (χ2v) is 33.1. The molecule has 10 aliphatic rings. The summed E-state index contributed by atoms with van der Waals surface area (Å²) >= 11 is 0. The van der Waals surface area contributed by atoms with Gasteiger partial charge in [-0.1, -0.05) is 0 Å². The highest BCUT2D eigenvalue weighted by Gasteiger charge is 2.72. The molecule has 10 aromatic heterocycles. The van der Waals surface area contributed by atoms with Crippen LogP contribution in [0.2, 0.25) is 0 Å². The highest BCUT2D eigenvalue weighted by Crippen LogP contribution is 2.54. The molecule has 6 unspecified atom stereocenters. The Labute approximate surface area is 700 Å². The van der Waals surface area contributed by atoms with Crippen LogP contribution in [0.15, 0.2) is 93.0 Å². The number of nitrogens with zero attached hydrogens (tertiary/aromatic N) is 24. The van der Waals surface area contributed by atoms with Gasteiger partial charge in [0.05, 0.1) is 81.4 Å². The second-order valence-electron chi connectivity index (χ2n) is 33.1. The van der Waals surface area contributed by atoms with E-state index in [1.165, 1.54) is 28.8 Å². The number of rotatable bonds is 10. The molecule has 6 N–H and O–H groups in total. The molecule has 10 aliphatic heterocycles. The van der Waals surface area contributed by atoms with Crippen molar-refractivity contribution < 1.29 is 55.4 Å². The maximum atomic E-state index is 15.0. The number of aliphatic hydroxyl groups is 1. The molecule has 0 aliphatic carbocycles. The zero-order valence-electron chi connectivity index (χ0n) is 67.7. The van der Waals surface area contributed by atoms with E-state index in [4.69, 9.17) is 21.0 Å². The molecule has 10 fully saturated rings. The largest absolute Gasteiger partial charge is 0.384 e. The van der Waals surface area contributed by atoms with Gasteiger partial charge in [0.2, 0.25) is 23.6 Å². The summed E-state index contributed by atoms with van der Waals surface area (Å²) in [5.74, 6) is -7.14. The number of H-pyrrole nitrogens is 5. The standard InChI is InChI=1S/C17H18F2N6O.C17H20N6O.C17H23N5O2.C16H16F2N6O.C15H14F2N6O/c18-17(19)5-9-24(15-12-3-7-21-14(12)22-11-23-15)10-16(17)4-1-8-25(16)13(26)2-6-20;1-12-17(5-2-9-23(17)14(24)3-7-18)6-10-22(12)16-13-4-8-19-15(13)20-11-21-16;1-12(23)16(24)22-9-3-6-17(22)5-2-8-21(10-17)15-13-4-7-18-14(13)19-11-20-15;17-16(18)9-24(12(25)2-5-19)15(16)4-1-7-23(8-15)14-11-3-6-20-13(11)21-10-22-14;16-15(17)8-23(11(24)1-4-18)14(15)3-6-22(7-14)13-10-2-5-19-12(10)20-9-21-13/h3,7,11H,1-2,4-5,8-10H2,(H,21,22,23);4,8,11-12H,2-3,5-6,9-10H2,1H3,(H,19,20,21);4,7,11-12,23H,2-3,5-6,8-10H2,1H3,(H,18,19,20);3,6,10H,1-2,4,7-9H2,(H,20,21,22);2,5,9H,1,3,6-8H2,(H,19,20,21)/t;;12-,17?;;/m..0../s1. The Balaban J connectivity index is 0.000000114. The minimum absolute atomic E-state index is 0.00549. The monoisotopic (exact) mass is 1690 g/mol. The molecule has 20 rings (SSSR count). The highest BCUT2D eigenvalue weighted by molar-refractivity contribution is 5.92. The van der Waals surface area contributed by atoms with E-state index >= 15 is 8.78 Å². The minimum atomic E-state index is -3.00. The maximum absolute atomic E-state index is 15.0. The van der Waals surface area contributed by atoms with E-state index in [0.717, 1.165) is 132 Å². The first-order valence-electron chi connectivity index (χ1n) is 41.2. The van der Waals surface area contributed by atoms with E-state index in [2.05, 4.69) is 91.5 Å². The van der Waals surface area contributed by atoms with Gasteiger partial charge in [-0.25, -0.2) is 76.2 Å². The van der Waals surface area contributed by atoms with Crippen molar-refractivity contribution in [1.82, 2.24) is 99.3 Å². The van der Waals surface area contributed by atoms with E-state index in [1.807, 2.05) is 57.4 Å². The summed E-state index contributed by atoms with van der Waals surface area (Å²) in [7, 11) is 0. The summed E-state index contributed by atoms with van der Waals surface area (Å²) in [6, 6.07) is 16.9. The fraction of sp³-hybridized carbons (Fsp3) is 0.524. The first-order valence-corrected chi connectivity index (χ1v) is 41.2. The molecular formula is C82H91F6N29O6. The average Bonchev–Trinajstić information content (AvgIpc) is 1.68. The zero-order chi connectivity index (χ0) is 86.4. The van der Waals surface area contributed by atoms with Gasteiger partial charge in [-0.2, -0.15) is 21.0 Å². The number of carbonyl (C=O) groups excluding carboxylic acids is 5. The van der Waals surface area contributed by atoms with E-state index in [0.29, 0.717) is 60.3 Å². The molecule has 7 atom stereocenters. The number of nitriles is 4. The van der Waals surface area contributed by atoms with Gasteiger partial charge >= 0.3 is 0 Å². The Bertz CT molecular complexity index is 5830. The molecule has 0 aromatic carbocycles. The lowest BCUT2D eigenvalue weighted by Gasteiger charge is -2.61. The average molecular weight is 1690 g/mol. The number of likely N-dealkylation sites (tertiary alicyclic amines) is 5. The van der Waals surface area contributed by atoms with Crippen LogP contribution >= 0.6 is 0 Å². The van der Waals surface area contributed by atoms with Crippen molar-refractivity contribution >= 4 is 114 Å². The molecule has 0 bridgehead atoms. The van der Waals surface area contributed by atoms with Crippen LogP contribution < -0.4 is 24.5 Å². The number of piperidine rings is 3. The summed E-state index contributed by atoms with van der Waals surface area (Å²) < 4.78 is 87.8. The van der Waals surface area contributed by atoms with Crippen molar-refractivity contribution in [2.45, 2.75) is 181 Å².